The largest absolute Gasteiger partial charge is 0.351 e. The smallest absolute Gasteiger partial charge is 0.251 e. The van der Waals surface area contributed by atoms with Crippen LogP contribution in [0.5, 0.6) is 0 Å². The van der Waals surface area contributed by atoms with Crippen LogP contribution in [0.15, 0.2) is 24.3 Å². The number of nitrogens with zero attached hydrogens (tertiary/aromatic N) is 1. The lowest BCUT2D eigenvalue weighted by Gasteiger charge is -2.26. The Morgan fingerprint density at radius 3 is 2.57 bits per heavy atom. The van der Waals surface area contributed by atoms with Gasteiger partial charge in [0.25, 0.3) is 5.91 Å². The van der Waals surface area contributed by atoms with Gasteiger partial charge in [0.1, 0.15) is 0 Å². The van der Waals surface area contributed by atoms with Crippen LogP contribution in [-0.2, 0) is 0 Å². The average molecular weight is 285 g/mol. The van der Waals surface area contributed by atoms with Crippen LogP contribution in [-0.4, -0.2) is 43.5 Å². The topological polar surface area (TPSA) is 58.4 Å². The Morgan fingerprint density at radius 1 is 1.19 bits per heavy atom. The van der Waals surface area contributed by atoms with Gasteiger partial charge in [-0.25, -0.2) is 0 Å². The first-order valence-electron chi connectivity index (χ1n) is 7.59. The van der Waals surface area contributed by atoms with Crippen LogP contribution in [0.1, 0.15) is 35.2 Å². The third kappa shape index (κ3) is 5.22. The lowest BCUT2D eigenvalue weighted by atomic mass is 10.1. The second-order valence-corrected chi connectivity index (χ2v) is 5.24. The van der Waals surface area contributed by atoms with Crippen molar-refractivity contribution < 1.29 is 4.79 Å². The van der Waals surface area contributed by atoms with E-state index in [1.165, 1.54) is 19.3 Å². The van der Waals surface area contributed by atoms with Crippen molar-refractivity contribution in [1.82, 2.24) is 10.2 Å². The maximum atomic E-state index is 12.0. The molecule has 4 nitrogen and oxygen atoms in total. The van der Waals surface area contributed by atoms with Crippen LogP contribution in [0.4, 0.5) is 0 Å². The monoisotopic (exact) mass is 285 g/mol. The molecule has 1 fully saturated rings. The Labute approximate surface area is 126 Å². The number of piperidine rings is 1. The Morgan fingerprint density at radius 2 is 1.90 bits per heavy atom. The highest BCUT2D eigenvalue weighted by Crippen LogP contribution is 2.07. The maximum Gasteiger partial charge on any atom is 0.251 e. The lowest BCUT2D eigenvalue weighted by molar-refractivity contribution is 0.0946. The number of nitrogens with two attached hydrogens (primary N) is 1. The molecule has 0 aromatic heterocycles. The fraction of sp³-hybridized carbons (Fsp3) is 0.471. The Kier molecular flexibility index (Phi) is 6.26. The first kappa shape index (κ1) is 15.6. The Hall–Kier alpha value is -1.83. The highest BCUT2D eigenvalue weighted by atomic mass is 16.1. The molecule has 1 heterocycles. The highest BCUT2D eigenvalue weighted by Gasteiger charge is 2.10. The predicted octanol–water partition coefficient (Wildman–Crippen LogP) is 1.21. The summed E-state index contributed by atoms with van der Waals surface area (Å²) in [5.41, 5.74) is 6.88. The molecule has 0 saturated carbocycles. The van der Waals surface area contributed by atoms with E-state index in [-0.39, 0.29) is 5.91 Å². The third-order valence-electron chi connectivity index (χ3n) is 3.64. The summed E-state index contributed by atoms with van der Waals surface area (Å²) < 4.78 is 0. The standard InChI is InChI=1S/C17H23N3O/c18-10-4-5-15-6-8-16(9-7-15)17(21)19-11-14-20-12-2-1-3-13-20/h6-9H,1-3,10-14,18H2,(H,19,21). The number of amides is 1. The van der Waals surface area contributed by atoms with Crippen molar-refractivity contribution in [2.75, 3.05) is 32.7 Å². The number of likely N-dealkylation sites (tertiary alicyclic amines) is 1. The Bertz CT molecular complexity index is 507. The van der Waals surface area contributed by atoms with Gasteiger partial charge in [-0.1, -0.05) is 18.3 Å². The summed E-state index contributed by atoms with van der Waals surface area (Å²) in [6, 6.07) is 7.30. The van der Waals surface area contributed by atoms with Crippen molar-refractivity contribution in [3.63, 3.8) is 0 Å². The number of nitrogens with one attached hydrogen (secondary N) is 1. The third-order valence-corrected chi connectivity index (χ3v) is 3.64. The van der Waals surface area contributed by atoms with Crippen molar-refractivity contribution in [3.05, 3.63) is 35.4 Å². The number of hydrogen-bond donors (Lipinski definition) is 2. The van der Waals surface area contributed by atoms with Gasteiger partial charge in [0.05, 0.1) is 6.54 Å². The molecule has 112 valence electrons. The fourth-order valence-electron chi connectivity index (χ4n) is 2.47. The van der Waals surface area contributed by atoms with Crippen LogP contribution in [0.3, 0.4) is 0 Å². The van der Waals surface area contributed by atoms with E-state index >= 15 is 0 Å². The van der Waals surface area contributed by atoms with Crippen molar-refractivity contribution in [2.24, 2.45) is 5.73 Å². The van der Waals surface area contributed by atoms with Crippen LogP contribution in [0.25, 0.3) is 0 Å². The van der Waals surface area contributed by atoms with Gasteiger partial charge in [0.15, 0.2) is 0 Å². The van der Waals surface area contributed by atoms with Gasteiger partial charge in [-0.2, -0.15) is 0 Å². The molecule has 1 aromatic rings. The van der Waals surface area contributed by atoms with E-state index in [0.29, 0.717) is 18.7 Å². The first-order valence-corrected chi connectivity index (χ1v) is 7.59. The minimum atomic E-state index is -0.0228. The summed E-state index contributed by atoms with van der Waals surface area (Å²) in [5, 5.41) is 2.97. The zero-order valence-electron chi connectivity index (χ0n) is 12.4. The normalized spacial score (nSPS) is 15.1. The maximum absolute atomic E-state index is 12.0. The van der Waals surface area contributed by atoms with Crippen LogP contribution < -0.4 is 11.1 Å². The van der Waals surface area contributed by atoms with Crippen molar-refractivity contribution in [3.8, 4) is 11.8 Å². The molecule has 1 aliphatic heterocycles. The van der Waals surface area contributed by atoms with E-state index in [0.717, 1.165) is 25.2 Å². The zero-order valence-corrected chi connectivity index (χ0v) is 12.4. The summed E-state index contributed by atoms with van der Waals surface area (Å²) in [4.78, 5) is 14.4. The quantitative estimate of drug-likeness (QED) is 0.818. The second-order valence-electron chi connectivity index (χ2n) is 5.24. The molecule has 4 heteroatoms. The SMILES string of the molecule is NCC#Cc1ccc(C(=O)NCCN2CCCCC2)cc1. The van der Waals surface area contributed by atoms with Gasteiger partial charge in [-0.15, -0.1) is 0 Å². The summed E-state index contributed by atoms with van der Waals surface area (Å²) in [7, 11) is 0. The lowest BCUT2D eigenvalue weighted by Crippen LogP contribution is -2.37. The molecule has 0 unspecified atom stereocenters. The summed E-state index contributed by atoms with van der Waals surface area (Å²) in [5.74, 6) is 5.72. The number of benzene rings is 1. The van der Waals surface area contributed by atoms with E-state index in [9.17, 15) is 4.79 Å². The minimum Gasteiger partial charge on any atom is -0.351 e. The van der Waals surface area contributed by atoms with E-state index < -0.39 is 0 Å². The molecule has 0 bridgehead atoms. The number of carbonyl (C=O) groups excluding carboxylic acids is 1. The molecule has 0 spiro atoms. The number of hydrogen-bond acceptors (Lipinski definition) is 3. The van der Waals surface area contributed by atoms with Gasteiger partial charge in [0, 0.05) is 24.2 Å². The molecule has 0 aliphatic carbocycles. The fourth-order valence-corrected chi connectivity index (χ4v) is 2.47. The molecule has 0 atom stereocenters. The van der Waals surface area contributed by atoms with Gasteiger partial charge in [-0.3, -0.25) is 4.79 Å². The highest BCUT2D eigenvalue weighted by molar-refractivity contribution is 5.94. The number of carbonyl (C=O) groups is 1. The minimum absolute atomic E-state index is 0.0228. The van der Waals surface area contributed by atoms with Crippen LogP contribution in [0.2, 0.25) is 0 Å². The molecule has 3 N–H and O–H groups in total. The molecule has 21 heavy (non-hydrogen) atoms. The van der Waals surface area contributed by atoms with Crippen LogP contribution in [0, 0.1) is 11.8 Å². The summed E-state index contributed by atoms with van der Waals surface area (Å²) in [6.07, 6.45) is 3.89. The summed E-state index contributed by atoms with van der Waals surface area (Å²) in [6.45, 7) is 4.30. The first-order chi connectivity index (χ1) is 10.3. The van der Waals surface area contributed by atoms with Crippen molar-refractivity contribution in [1.29, 1.82) is 0 Å². The average Bonchev–Trinajstić information content (AvgIpc) is 2.54. The second kappa shape index (κ2) is 8.46. The molecule has 2 rings (SSSR count). The van der Waals surface area contributed by atoms with E-state index in [4.69, 9.17) is 5.73 Å². The van der Waals surface area contributed by atoms with Gasteiger partial charge in [-0.05, 0) is 50.2 Å². The molecule has 0 radical (unpaired) electrons. The molecule has 1 saturated heterocycles. The molecule has 1 aliphatic rings. The Balaban J connectivity index is 1.77. The summed E-state index contributed by atoms with van der Waals surface area (Å²) >= 11 is 0. The molecular formula is C17H23N3O. The van der Waals surface area contributed by atoms with E-state index in [1.54, 1.807) is 12.1 Å². The van der Waals surface area contributed by atoms with Crippen molar-refractivity contribution >= 4 is 5.91 Å². The van der Waals surface area contributed by atoms with Gasteiger partial charge >= 0.3 is 0 Å². The molecule has 1 aromatic carbocycles. The van der Waals surface area contributed by atoms with Gasteiger partial charge in [0.2, 0.25) is 0 Å². The molecule has 1 amide bonds. The number of rotatable bonds is 4. The predicted molar refractivity (Wildman–Crippen MR) is 85.0 cm³/mol. The molecular weight excluding hydrogens is 262 g/mol. The van der Waals surface area contributed by atoms with E-state index in [2.05, 4.69) is 22.1 Å². The zero-order chi connectivity index (χ0) is 14.9. The van der Waals surface area contributed by atoms with E-state index in [1.807, 2.05) is 12.1 Å². The van der Waals surface area contributed by atoms with Gasteiger partial charge < -0.3 is 16.0 Å². The van der Waals surface area contributed by atoms with Crippen molar-refractivity contribution in [2.45, 2.75) is 19.3 Å². The van der Waals surface area contributed by atoms with Crippen LogP contribution >= 0.6 is 0 Å².